The summed E-state index contributed by atoms with van der Waals surface area (Å²) < 4.78 is 0. The number of benzene rings is 1. The van der Waals surface area contributed by atoms with Gasteiger partial charge in [-0.1, -0.05) is 12.1 Å². The van der Waals surface area contributed by atoms with Crippen molar-refractivity contribution in [1.82, 2.24) is 4.90 Å². The van der Waals surface area contributed by atoms with Gasteiger partial charge in [0, 0.05) is 18.7 Å². The fourth-order valence-electron chi connectivity index (χ4n) is 2.54. The molecule has 0 fully saturated rings. The highest BCUT2D eigenvalue weighted by atomic mass is 16.1. The molecular formula is C14H20N2O. The predicted molar refractivity (Wildman–Crippen MR) is 70.2 cm³/mol. The van der Waals surface area contributed by atoms with Gasteiger partial charge in [0.05, 0.1) is 0 Å². The van der Waals surface area contributed by atoms with Crippen LogP contribution in [0.15, 0.2) is 18.2 Å². The highest BCUT2D eigenvalue weighted by Gasteiger charge is 2.21. The van der Waals surface area contributed by atoms with Crippen LogP contribution in [0.4, 0.5) is 5.69 Å². The fraction of sp³-hybridized carbons (Fsp3) is 0.500. The Kier molecular flexibility index (Phi) is 3.48. The van der Waals surface area contributed by atoms with Crippen LogP contribution in [0.25, 0.3) is 0 Å². The summed E-state index contributed by atoms with van der Waals surface area (Å²) in [4.78, 5) is 13.4. The van der Waals surface area contributed by atoms with E-state index >= 15 is 0 Å². The van der Waals surface area contributed by atoms with Crippen LogP contribution < -0.4 is 5.32 Å². The number of hydrogen-bond donors (Lipinski definition) is 1. The van der Waals surface area contributed by atoms with Crippen LogP contribution in [-0.2, 0) is 17.6 Å². The number of nitrogens with one attached hydrogen (secondary N) is 1. The molecule has 1 atom stereocenters. The number of rotatable bonds is 2. The van der Waals surface area contributed by atoms with Gasteiger partial charge >= 0.3 is 0 Å². The molecule has 0 heterocycles. The average molecular weight is 232 g/mol. The van der Waals surface area contributed by atoms with Crippen molar-refractivity contribution >= 4 is 11.6 Å². The van der Waals surface area contributed by atoms with Gasteiger partial charge in [-0.2, -0.15) is 0 Å². The number of likely N-dealkylation sites (N-methyl/N-ethyl adjacent to an activating group) is 1. The van der Waals surface area contributed by atoms with Gasteiger partial charge in [-0.15, -0.1) is 0 Å². The highest BCUT2D eigenvalue weighted by molar-refractivity contribution is 5.89. The molecule has 1 aliphatic carbocycles. The quantitative estimate of drug-likeness (QED) is 0.846. The second-order valence-electron chi connectivity index (χ2n) is 4.98. The van der Waals surface area contributed by atoms with E-state index in [2.05, 4.69) is 30.4 Å². The standard InChI is InChI=1S/C14H20N2O/c1-10(17)15-14-6-4-5-11-9-12(16(2)3)7-8-13(11)14/h4-6,12H,7-9H2,1-3H3,(H,15,17)/t12-/m0/s1. The number of anilines is 1. The van der Waals surface area contributed by atoms with Gasteiger partial charge in [-0.25, -0.2) is 0 Å². The van der Waals surface area contributed by atoms with E-state index in [1.807, 2.05) is 12.1 Å². The summed E-state index contributed by atoms with van der Waals surface area (Å²) in [5.41, 5.74) is 3.69. The van der Waals surface area contributed by atoms with Crippen molar-refractivity contribution in [2.75, 3.05) is 19.4 Å². The van der Waals surface area contributed by atoms with Crippen LogP contribution >= 0.6 is 0 Å². The van der Waals surface area contributed by atoms with Gasteiger partial charge in [0.15, 0.2) is 0 Å². The maximum Gasteiger partial charge on any atom is 0.221 e. The van der Waals surface area contributed by atoms with E-state index in [4.69, 9.17) is 0 Å². The monoisotopic (exact) mass is 232 g/mol. The van der Waals surface area contributed by atoms with E-state index in [0.717, 1.165) is 24.9 Å². The van der Waals surface area contributed by atoms with Gasteiger partial charge in [0.1, 0.15) is 0 Å². The first kappa shape index (κ1) is 12.1. The zero-order valence-electron chi connectivity index (χ0n) is 10.8. The van der Waals surface area contributed by atoms with Crippen molar-refractivity contribution in [3.8, 4) is 0 Å². The number of hydrogen-bond acceptors (Lipinski definition) is 2. The number of carbonyl (C=O) groups excluding carboxylic acids is 1. The number of fused-ring (bicyclic) bond motifs is 1. The second kappa shape index (κ2) is 4.88. The van der Waals surface area contributed by atoms with Crippen LogP contribution in [0.2, 0.25) is 0 Å². The molecule has 92 valence electrons. The van der Waals surface area contributed by atoms with E-state index in [1.54, 1.807) is 6.92 Å². The minimum atomic E-state index is 0.00753. The minimum Gasteiger partial charge on any atom is -0.326 e. The smallest absolute Gasteiger partial charge is 0.221 e. The van der Waals surface area contributed by atoms with Crippen LogP contribution in [-0.4, -0.2) is 30.9 Å². The van der Waals surface area contributed by atoms with Crippen molar-refractivity contribution in [2.24, 2.45) is 0 Å². The van der Waals surface area contributed by atoms with Crippen molar-refractivity contribution in [3.63, 3.8) is 0 Å². The van der Waals surface area contributed by atoms with Crippen molar-refractivity contribution in [2.45, 2.75) is 32.2 Å². The summed E-state index contributed by atoms with van der Waals surface area (Å²) in [5, 5.41) is 2.92. The molecule has 3 nitrogen and oxygen atoms in total. The molecule has 0 saturated carbocycles. The Bertz CT molecular complexity index is 426. The molecule has 1 aliphatic rings. The van der Waals surface area contributed by atoms with Gasteiger partial charge in [0.2, 0.25) is 5.91 Å². The summed E-state index contributed by atoms with van der Waals surface area (Å²) in [6.45, 7) is 1.56. The Morgan fingerprint density at radius 3 is 2.82 bits per heavy atom. The third kappa shape index (κ3) is 2.67. The third-order valence-electron chi connectivity index (χ3n) is 3.50. The van der Waals surface area contributed by atoms with Crippen LogP contribution in [0.1, 0.15) is 24.5 Å². The highest BCUT2D eigenvalue weighted by Crippen LogP contribution is 2.29. The molecule has 1 N–H and O–H groups in total. The minimum absolute atomic E-state index is 0.00753. The predicted octanol–water partition coefficient (Wildman–Crippen LogP) is 2.06. The Hall–Kier alpha value is -1.35. The van der Waals surface area contributed by atoms with Gasteiger partial charge in [-0.05, 0) is 50.6 Å². The molecule has 2 rings (SSSR count). The molecule has 0 spiro atoms. The summed E-state index contributed by atoms with van der Waals surface area (Å²) >= 11 is 0. The summed E-state index contributed by atoms with van der Waals surface area (Å²) in [7, 11) is 4.26. The first-order chi connectivity index (χ1) is 8.08. The van der Waals surface area contributed by atoms with Crippen molar-refractivity contribution < 1.29 is 4.79 Å². The molecule has 0 aliphatic heterocycles. The van der Waals surface area contributed by atoms with E-state index < -0.39 is 0 Å². The molecule has 0 radical (unpaired) electrons. The zero-order chi connectivity index (χ0) is 12.4. The summed E-state index contributed by atoms with van der Waals surface area (Å²) in [5.74, 6) is 0.00753. The lowest BCUT2D eigenvalue weighted by molar-refractivity contribution is -0.114. The largest absolute Gasteiger partial charge is 0.326 e. The molecule has 1 aromatic rings. The molecule has 17 heavy (non-hydrogen) atoms. The molecule has 1 amide bonds. The lowest BCUT2D eigenvalue weighted by atomic mass is 9.86. The SMILES string of the molecule is CC(=O)Nc1cccc2c1CC[C@H](N(C)C)C2. The molecule has 3 heteroatoms. The molecule has 0 aromatic heterocycles. The Labute approximate surface area is 103 Å². The lowest BCUT2D eigenvalue weighted by Crippen LogP contribution is -2.33. The maximum absolute atomic E-state index is 11.2. The maximum atomic E-state index is 11.2. The van der Waals surface area contributed by atoms with Crippen molar-refractivity contribution in [3.05, 3.63) is 29.3 Å². The van der Waals surface area contributed by atoms with E-state index in [1.165, 1.54) is 11.1 Å². The van der Waals surface area contributed by atoms with Gasteiger partial charge in [0.25, 0.3) is 0 Å². The third-order valence-corrected chi connectivity index (χ3v) is 3.50. The molecule has 0 bridgehead atoms. The first-order valence-electron chi connectivity index (χ1n) is 6.12. The van der Waals surface area contributed by atoms with Crippen LogP contribution in [0.5, 0.6) is 0 Å². The van der Waals surface area contributed by atoms with E-state index in [0.29, 0.717) is 6.04 Å². The van der Waals surface area contributed by atoms with E-state index in [9.17, 15) is 4.79 Å². The first-order valence-corrected chi connectivity index (χ1v) is 6.12. The average Bonchev–Trinajstić information content (AvgIpc) is 2.28. The topological polar surface area (TPSA) is 32.3 Å². The lowest BCUT2D eigenvalue weighted by Gasteiger charge is -2.30. The Morgan fingerprint density at radius 1 is 1.41 bits per heavy atom. The summed E-state index contributed by atoms with van der Waals surface area (Å²) in [6.07, 6.45) is 3.29. The number of carbonyl (C=O) groups is 1. The Morgan fingerprint density at radius 2 is 2.18 bits per heavy atom. The number of amides is 1. The molecule has 1 aromatic carbocycles. The van der Waals surface area contributed by atoms with Crippen LogP contribution in [0.3, 0.4) is 0 Å². The number of nitrogens with zero attached hydrogens (tertiary/aromatic N) is 1. The van der Waals surface area contributed by atoms with Gasteiger partial charge < -0.3 is 10.2 Å². The van der Waals surface area contributed by atoms with E-state index in [-0.39, 0.29) is 5.91 Å². The van der Waals surface area contributed by atoms with Crippen molar-refractivity contribution in [1.29, 1.82) is 0 Å². The Balaban J connectivity index is 2.26. The summed E-state index contributed by atoms with van der Waals surface area (Å²) in [6, 6.07) is 6.82. The fourth-order valence-corrected chi connectivity index (χ4v) is 2.54. The van der Waals surface area contributed by atoms with Gasteiger partial charge in [-0.3, -0.25) is 4.79 Å². The normalized spacial score (nSPS) is 18.9. The molecular weight excluding hydrogens is 212 g/mol. The van der Waals surface area contributed by atoms with Crippen LogP contribution in [0, 0.1) is 0 Å². The molecule has 0 saturated heterocycles. The molecule has 0 unspecified atom stereocenters. The second-order valence-corrected chi connectivity index (χ2v) is 4.98. The zero-order valence-corrected chi connectivity index (χ0v) is 10.8.